The van der Waals surface area contributed by atoms with Crippen molar-refractivity contribution in [3.63, 3.8) is 0 Å². The molecule has 3 heteroatoms. The van der Waals surface area contributed by atoms with Gasteiger partial charge in [0, 0.05) is 0 Å². The van der Waals surface area contributed by atoms with Crippen LogP contribution in [0.1, 0.15) is 0 Å². The van der Waals surface area contributed by atoms with E-state index in [1.807, 2.05) is 36.4 Å². The first kappa shape index (κ1) is 19.7. The average molecular weight is 424 g/mol. The highest BCUT2D eigenvalue weighted by atomic mass is 16.4. The molecule has 156 valence electrons. The molecule has 0 heterocycles. The Bertz CT molecular complexity index is 1600. The van der Waals surface area contributed by atoms with Gasteiger partial charge < -0.3 is 10.0 Å². The fourth-order valence-electron chi connectivity index (χ4n) is 5.04. The maximum absolute atomic E-state index is 10.3. The van der Waals surface area contributed by atoms with Crippen molar-refractivity contribution in [1.82, 2.24) is 0 Å². The number of hydrogen-bond acceptors (Lipinski definition) is 2. The van der Waals surface area contributed by atoms with Crippen LogP contribution in [0.15, 0.2) is 115 Å². The highest BCUT2D eigenvalue weighted by molar-refractivity contribution is 6.66. The van der Waals surface area contributed by atoms with E-state index in [4.69, 9.17) is 0 Å². The summed E-state index contributed by atoms with van der Waals surface area (Å²) < 4.78 is 0. The summed E-state index contributed by atoms with van der Waals surface area (Å²) in [5, 5.41) is 26.7. The molecule has 33 heavy (non-hydrogen) atoms. The fourth-order valence-corrected chi connectivity index (χ4v) is 5.04. The quantitative estimate of drug-likeness (QED) is 0.264. The minimum atomic E-state index is -1.55. The molecule has 0 amide bonds. The van der Waals surface area contributed by atoms with Crippen molar-refractivity contribution in [2.45, 2.75) is 0 Å². The summed E-state index contributed by atoms with van der Waals surface area (Å²) in [6.45, 7) is 0. The lowest BCUT2D eigenvalue weighted by atomic mass is 9.72. The maximum atomic E-state index is 10.3. The van der Waals surface area contributed by atoms with Crippen molar-refractivity contribution in [3.05, 3.63) is 115 Å². The van der Waals surface area contributed by atoms with Crippen LogP contribution in [0.2, 0.25) is 0 Å². The third-order valence-electron chi connectivity index (χ3n) is 6.49. The van der Waals surface area contributed by atoms with Crippen molar-refractivity contribution in [1.29, 1.82) is 0 Å². The average Bonchev–Trinajstić information content (AvgIpc) is 2.86. The SMILES string of the molecule is OB(O)c1c2ccccc2c(-c2ccccc2-c2ccc3ccccc3c2)c2ccccc12. The molecule has 0 aliphatic heterocycles. The third-order valence-corrected chi connectivity index (χ3v) is 6.49. The first-order valence-electron chi connectivity index (χ1n) is 11.1. The molecule has 0 saturated heterocycles. The van der Waals surface area contributed by atoms with Gasteiger partial charge in [0.25, 0.3) is 0 Å². The van der Waals surface area contributed by atoms with Crippen LogP contribution in [0.4, 0.5) is 0 Å². The zero-order chi connectivity index (χ0) is 22.4. The van der Waals surface area contributed by atoms with Crippen molar-refractivity contribution < 1.29 is 10.0 Å². The fraction of sp³-hybridized carbons (Fsp3) is 0. The molecule has 6 rings (SSSR count). The summed E-state index contributed by atoms with van der Waals surface area (Å²) >= 11 is 0. The van der Waals surface area contributed by atoms with Crippen LogP contribution in [-0.4, -0.2) is 17.2 Å². The summed E-state index contributed by atoms with van der Waals surface area (Å²) in [5.41, 5.74) is 5.08. The molecule has 0 unspecified atom stereocenters. The van der Waals surface area contributed by atoms with Crippen LogP contribution in [0.25, 0.3) is 54.6 Å². The van der Waals surface area contributed by atoms with Crippen LogP contribution in [0.3, 0.4) is 0 Å². The minimum absolute atomic E-state index is 0.549. The number of hydrogen-bond donors (Lipinski definition) is 2. The third kappa shape index (κ3) is 3.22. The topological polar surface area (TPSA) is 40.5 Å². The highest BCUT2D eigenvalue weighted by Gasteiger charge is 2.23. The molecule has 6 aromatic carbocycles. The van der Waals surface area contributed by atoms with Crippen molar-refractivity contribution in [3.8, 4) is 22.3 Å². The van der Waals surface area contributed by atoms with Crippen LogP contribution < -0.4 is 5.46 Å². The van der Waals surface area contributed by atoms with Gasteiger partial charge in [0.15, 0.2) is 0 Å². The summed E-state index contributed by atoms with van der Waals surface area (Å²) in [4.78, 5) is 0. The second-order valence-electron chi connectivity index (χ2n) is 8.36. The molecule has 0 fully saturated rings. The molecular weight excluding hydrogens is 403 g/mol. The van der Waals surface area contributed by atoms with Gasteiger partial charge in [0.1, 0.15) is 0 Å². The number of fused-ring (bicyclic) bond motifs is 3. The first-order chi connectivity index (χ1) is 16.2. The first-order valence-corrected chi connectivity index (χ1v) is 11.1. The Morgan fingerprint density at radius 2 is 0.970 bits per heavy atom. The van der Waals surface area contributed by atoms with E-state index in [1.165, 1.54) is 10.8 Å². The van der Waals surface area contributed by atoms with Crippen molar-refractivity contribution in [2.24, 2.45) is 0 Å². The van der Waals surface area contributed by atoms with E-state index >= 15 is 0 Å². The summed E-state index contributed by atoms with van der Waals surface area (Å²) in [7, 11) is -1.55. The maximum Gasteiger partial charge on any atom is 0.489 e. The van der Waals surface area contributed by atoms with E-state index in [0.717, 1.165) is 43.8 Å². The minimum Gasteiger partial charge on any atom is -0.423 e. The standard InChI is InChI=1S/C30H21BO2/c32-31(33)30-27-15-7-5-13-25(27)29(26-14-6-8-16-28(26)30)24-12-4-3-11-23(24)22-18-17-20-9-1-2-10-21(20)19-22/h1-19,32-33H. The van der Waals surface area contributed by atoms with Crippen molar-refractivity contribution >= 4 is 44.9 Å². The molecule has 0 aromatic heterocycles. The Morgan fingerprint density at radius 1 is 0.455 bits per heavy atom. The molecule has 0 radical (unpaired) electrons. The Hall–Kier alpha value is -3.92. The molecule has 0 spiro atoms. The smallest absolute Gasteiger partial charge is 0.423 e. The van der Waals surface area contributed by atoms with Crippen LogP contribution in [0.5, 0.6) is 0 Å². The monoisotopic (exact) mass is 424 g/mol. The summed E-state index contributed by atoms with van der Waals surface area (Å²) in [6, 6.07) is 39.4. The van der Waals surface area contributed by atoms with Crippen molar-refractivity contribution in [2.75, 3.05) is 0 Å². The molecule has 0 atom stereocenters. The largest absolute Gasteiger partial charge is 0.489 e. The Kier molecular flexibility index (Phi) is 4.72. The van der Waals surface area contributed by atoms with Gasteiger partial charge in [-0.15, -0.1) is 0 Å². The Labute approximate surface area is 192 Å². The lowest BCUT2D eigenvalue weighted by Gasteiger charge is -2.19. The van der Waals surface area contributed by atoms with E-state index in [2.05, 4.69) is 78.9 Å². The van der Waals surface area contributed by atoms with Crippen LogP contribution in [0, 0.1) is 0 Å². The lowest BCUT2D eigenvalue weighted by Crippen LogP contribution is -2.31. The van der Waals surface area contributed by atoms with E-state index in [9.17, 15) is 10.0 Å². The molecule has 2 N–H and O–H groups in total. The highest BCUT2D eigenvalue weighted by Crippen LogP contribution is 2.41. The number of benzene rings is 6. The van der Waals surface area contributed by atoms with E-state index in [1.54, 1.807) is 0 Å². The predicted octanol–water partition coefficient (Wildman–Crippen LogP) is 6.16. The van der Waals surface area contributed by atoms with Gasteiger partial charge in [-0.1, -0.05) is 109 Å². The van der Waals surface area contributed by atoms with Gasteiger partial charge in [0.05, 0.1) is 0 Å². The summed E-state index contributed by atoms with van der Waals surface area (Å²) in [6.07, 6.45) is 0. The predicted molar refractivity (Wildman–Crippen MR) is 140 cm³/mol. The zero-order valence-corrected chi connectivity index (χ0v) is 17.9. The Morgan fingerprint density at radius 3 is 1.61 bits per heavy atom. The van der Waals surface area contributed by atoms with Crippen LogP contribution >= 0.6 is 0 Å². The van der Waals surface area contributed by atoms with Crippen LogP contribution in [-0.2, 0) is 0 Å². The lowest BCUT2D eigenvalue weighted by molar-refractivity contribution is 0.426. The molecule has 6 aromatic rings. The normalized spacial score (nSPS) is 11.3. The van der Waals surface area contributed by atoms with Gasteiger partial charge in [-0.2, -0.15) is 0 Å². The second kappa shape index (κ2) is 7.89. The zero-order valence-electron chi connectivity index (χ0n) is 17.9. The van der Waals surface area contributed by atoms with Gasteiger partial charge in [-0.3, -0.25) is 0 Å². The van der Waals surface area contributed by atoms with Gasteiger partial charge in [0.2, 0.25) is 0 Å². The molecule has 0 bridgehead atoms. The van der Waals surface area contributed by atoms with Gasteiger partial charge in [-0.25, -0.2) is 0 Å². The van der Waals surface area contributed by atoms with Gasteiger partial charge in [-0.05, 0) is 66.1 Å². The Balaban J connectivity index is 1.73. The molecular formula is C30H21BO2. The summed E-state index contributed by atoms with van der Waals surface area (Å²) in [5.74, 6) is 0. The van der Waals surface area contributed by atoms with Gasteiger partial charge >= 0.3 is 7.12 Å². The molecule has 0 saturated carbocycles. The van der Waals surface area contributed by atoms with E-state index in [0.29, 0.717) is 5.46 Å². The second-order valence-corrected chi connectivity index (χ2v) is 8.36. The molecule has 0 aliphatic carbocycles. The molecule has 2 nitrogen and oxygen atoms in total. The number of rotatable bonds is 3. The molecule has 0 aliphatic rings. The van der Waals surface area contributed by atoms with E-state index < -0.39 is 7.12 Å². The van der Waals surface area contributed by atoms with E-state index in [-0.39, 0.29) is 0 Å².